The third kappa shape index (κ3) is 5.59. The first-order chi connectivity index (χ1) is 16.0. The van der Waals surface area contributed by atoms with Crippen LogP contribution in [0.1, 0.15) is 31.9 Å². The van der Waals surface area contributed by atoms with E-state index in [1.807, 2.05) is 32.0 Å². The lowest BCUT2D eigenvalue weighted by atomic mass is 9.92. The topological polar surface area (TPSA) is 101 Å². The molecular weight excluding hydrogens is 422 g/mol. The van der Waals surface area contributed by atoms with Gasteiger partial charge in [-0.05, 0) is 44.5 Å². The van der Waals surface area contributed by atoms with E-state index >= 15 is 0 Å². The molecule has 1 fully saturated rings. The van der Waals surface area contributed by atoms with Crippen LogP contribution in [-0.2, 0) is 19.9 Å². The minimum absolute atomic E-state index is 0.0322. The van der Waals surface area contributed by atoms with Crippen LogP contribution >= 0.6 is 0 Å². The first kappa shape index (κ1) is 24.4. The molecule has 2 aromatic heterocycles. The van der Waals surface area contributed by atoms with Crippen molar-refractivity contribution in [3.63, 3.8) is 0 Å². The van der Waals surface area contributed by atoms with Crippen LogP contribution in [0.4, 0.5) is 5.82 Å². The first-order valence-electron chi connectivity index (χ1n) is 11.1. The van der Waals surface area contributed by atoms with Gasteiger partial charge in [-0.15, -0.1) is 0 Å². The summed E-state index contributed by atoms with van der Waals surface area (Å²) in [6.07, 6.45) is 3.23. The molecule has 3 heterocycles. The zero-order valence-corrected chi connectivity index (χ0v) is 19.7. The number of carbonyl (C=O) groups is 1. The Bertz CT molecular complexity index is 972. The summed E-state index contributed by atoms with van der Waals surface area (Å²) < 4.78 is 16.8. The molecule has 33 heavy (non-hydrogen) atoms. The van der Waals surface area contributed by atoms with Crippen LogP contribution in [0.5, 0.6) is 5.88 Å². The fourth-order valence-electron chi connectivity index (χ4n) is 3.86. The number of nitrogens with zero attached hydrogens (tertiary/aromatic N) is 5. The number of carbonyl (C=O) groups excluding carboxylic acids is 1. The standard InChI is InChI=1S/C24H31N5O4/c1-5-28(14-18(3)29(6-2)21-8-7-19(12-25)13-27-21)23(30)15-33-24(16-32-17-24)20-9-10-26-22(11-20)31-4/h7-11,13,18H,5-6,14-17H2,1-4H3. The Labute approximate surface area is 194 Å². The van der Waals surface area contributed by atoms with Crippen molar-refractivity contribution < 1.29 is 19.0 Å². The molecule has 1 saturated heterocycles. The zero-order valence-electron chi connectivity index (χ0n) is 19.7. The van der Waals surface area contributed by atoms with E-state index in [1.165, 1.54) is 0 Å². The molecule has 0 bridgehead atoms. The van der Waals surface area contributed by atoms with E-state index in [4.69, 9.17) is 19.5 Å². The van der Waals surface area contributed by atoms with E-state index in [0.717, 1.165) is 17.9 Å². The van der Waals surface area contributed by atoms with Crippen molar-refractivity contribution in [2.24, 2.45) is 0 Å². The van der Waals surface area contributed by atoms with Gasteiger partial charge in [0, 0.05) is 44.1 Å². The lowest BCUT2D eigenvalue weighted by molar-refractivity contribution is -0.218. The van der Waals surface area contributed by atoms with Gasteiger partial charge in [-0.2, -0.15) is 5.26 Å². The Kier molecular flexibility index (Phi) is 8.20. The zero-order chi connectivity index (χ0) is 23.8. The van der Waals surface area contributed by atoms with Crippen LogP contribution < -0.4 is 9.64 Å². The quantitative estimate of drug-likeness (QED) is 0.511. The molecule has 3 rings (SSSR count). The highest BCUT2D eigenvalue weighted by Crippen LogP contribution is 2.34. The molecule has 0 N–H and O–H groups in total. The van der Waals surface area contributed by atoms with Gasteiger partial charge in [0.05, 0.1) is 25.9 Å². The summed E-state index contributed by atoms with van der Waals surface area (Å²) in [6, 6.07) is 9.38. The molecule has 9 heteroatoms. The number of hydrogen-bond donors (Lipinski definition) is 0. The van der Waals surface area contributed by atoms with E-state index in [9.17, 15) is 4.79 Å². The number of pyridine rings is 2. The number of likely N-dealkylation sites (N-methyl/N-ethyl adjacent to an activating group) is 2. The number of anilines is 1. The minimum atomic E-state index is -0.668. The van der Waals surface area contributed by atoms with Gasteiger partial charge in [-0.3, -0.25) is 4.79 Å². The number of rotatable bonds is 11. The van der Waals surface area contributed by atoms with Crippen molar-refractivity contribution in [1.29, 1.82) is 5.26 Å². The molecule has 1 atom stereocenters. The van der Waals surface area contributed by atoms with Crippen molar-refractivity contribution in [2.75, 3.05) is 51.5 Å². The minimum Gasteiger partial charge on any atom is -0.481 e. The number of amides is 1. The third-order valence-corrected chi connectivity index (χ3v) is 5.88. The Balaban J connectivity index is 1.63. The molecule has 1 aliphatic heterocycles. The van der Waals surface area contributed by atoms with E-state index in [1.54, 1.807) is 30.5 Å². The summed E-state index contributed by atoms with van der Waals surface area (Å²) in [5.74, 6) is 1.19. The highest BCUT2D eigenvalue weighted by molar-refractivity contribution is 5.77. The molecule has 1 unspecified atom stereocenters. The smallest absolute Gasteiger partial charge is 0.248 e. The van der Waals surface area contributed by atoms with E-state index in [2.05, 4.69) is 27.9 Å². The van der Waals surface area contributed by atoms with Gasteiger partial charge in [-0.25, -0.2) is 9.97 Å². The lowest BCUT2D eigenvalue weighted by Gasteiger charge is -2.41. The molecule has 1 aliphatic rings. The number of hydrogen-bond acceptors (Lipinski definition) is 8. The monoisotopic (exact) mass is 453 g/mol. The van der Waals surface area contributed by atoms with Crippen molar-refractivity contribution in [3.05, 3.63) is 47.8 Å². The molecule has 2 aromatic rings. The number of nitriles is 1. The summed E-state index contributed by atoms with van der Waals surface area (Å²) in [4.78, 5) is 25.5. The van der Waals surface area contributed by atoms with E-state index in [-0.39, 0.29) is 18.6 Å². The normalized spacial score (nSPS) is 15.1. The molecule has 0 saturated carbocycles. The van der Waals surface area contributed by atoms with Crippen molar-refractivity contribution in [1.82, 2.24) is 14.9 Å². The summed E-state index contributed by atoms with van der Waals surface area (Å²) in [5.41, 5.74) is 0.734. The van der Waals surface area contributed by atoms with Gasteiger partial charge in [0.2, 0.25) is 11.8 Å². The molecule has 0 aromatic carbocycles. The van der Waals surface area contributed by atoms with Crippen LogP contribution in [-0.4, -0.2) is 73.4 Å². The Morgan fingerprint density at radius 3 is 2.61 bits per heavy atom. The van der Waals surface area contributed by atoms with Crippen molar-refractivity contribution >= 4 is 11.7 Å². The van der Waals surface area contributed by atoms with Crippen LogP contribution in [0, 0.1) is 11.3 Å². The van der Waals surface area contributed by atoms with Gasteiger partial charge in [0.25, 0.3) is 0 Å². The summed E-state index contributed by atoms with van der Waals surface area (Å²) in [7, 11) is 1.56. The van der Waals surface area contributed by atoms with E-state index < -0.39 is 5.60 Å². The van der Waals surface area contributed by atoms with Gasteiger partial charge in [0.15, 0.2) is 0 Å². The summed E-state index contributed by atoms with van der Waals surface area (Å²) in [6.45, 7) is 8.59. The molecule has 0 aliphatic carbocycles. The van der Waals surface area contributed by atoms with Crippen molar-refractivity contribution in [3.8, 4) is 11.9 Å². The molecule has 0 spiro atoms. The molecular formula is C24H31N5O4. The largest absolute Gasteiger partial charge is 0.481 e. The lowest BCUT2D eigenvalue weighted by Crippen LogP contribution is -2.51. The third-order valence-electron chi connectivity index (χ3n) is 5.88. The fraction of sp³-hybridized carbons (Fsp3) is 0.500. The molecule has 0 radical (unpaired) electrons. The Morgan fingerprint density at radius 1 is 1.27 bits per heavy atom. The SMILES string of the molecule is CCN(CC(C)N(CC)c1ccc(C#N)cn1)C(=O)COC1(c2ccnc(OC)c2)COC1. The van der Waals surface area contributed by atoms with Crippen LogP contribution in [0.3, 0.4) is 0 Å². The number of ether oxygens (including phenoxy) is 3. The maximum atomic E-state index is 13.0. The maximum Gasteiger partial charge on any atom is 0.248 e. The van der Waals surface area contributed by atoms with Crippen LogP contribution in [0.25, 0.3) is 0 Å². The Hall–Kier alpha value is -3.22. The predicted molar refractivity (Wildman–Crippen MR) is 123 cm³/mol. The summed E-state index contributed by atoms with van der Waals surface area (Å²) >= 11 is 0. The maximum absolute atomic E-state index is 13.0. The first-order valence-corrected chi connectivity index (χ1v) is 11.1. The average Bonchev–Trinajstić information content (AvgIpc) is 2.82. The van der Waals surface area contributed by atoms with Gasteiger partial charge in [0.1, 0.15) is 24.1 Å². The highest BCUT2D eigenvalue weighted by Gasteiger charge is 2.42. The Morgan fingerprint density at radius 2 is 2.06 bits per heavy atom. The highest BCUT2D eigenvalue weighted by atomic mass is 16.6. The second-order valence-corrected chi connectivity index (χ2v) is 7.95. The van der Waals surface area contributed by atoms with Crippen LogP contribution in [0.15, 0.2) is 36.7 Å². The van der Waals surface area contributed by atoms with Gasteiger partial charge < -0.3 is 24.0 Å². The molecule has 176 valence electrons. The molecule has 1 amide bonds. The second-order valence-electron chi connectivity index (χ2n) is 7.95. The molecule has 9 nitrogen and oxygen atoms in total. The fourth-order valence-corrected chi connectivity index (χ4v) is 3.86. The average molecular weight is 454 g/mol. The number of methoxy groups -OCH3 is 1. The summed E-state index contributed by atoms with van der Waals surface area (Å²) in [5, 5.41) is 9.00. The number of aromatic nitrogens is 2. The van der Waals surface area contributed by atoms with Crippen molar-refractivity contribution in [2.45, 2.75) is 32.4 Å². The predicted octanol–water partition coefficient (Wildman–Crippen LogP) is 2.36. The van der Waals surface area contributed by atoms with Gasteiger partial charge >= 0.3 is 0 Å². The van der Waals surface area contributed by atoms with Crippen LogP contribution in [0.2, 0.25) is 0 Å². The second kappa shape index (κ2) is 11.1. The van der Waals surface area contributed by atoms with E-state index in [0.29, 0.717) is 37.7 Å². The van der Waals surface area contributed by atoms with Gasteiger partial charge in [-0.1, -0.05) is 0 Å².